The van der Waals surface area contributed by atoms with Crippen LogP contribution >= 0.6 is 11.8 Å². The first-order valence-electron chi connectivity index (χ1n) is 6.24. The number of nitrogens with one attached hydrogen (secondary N) is 2. The van der Waals surface area contributed by atoms with Crippen molar-refractivity contribution >= 4 is 23.4 Å². The van der Waals surface area contributed by atoms with Crippen LogP contribution in [-0.4, -0.2) is 26.8 Å². The van der Waals surface area contributed by atoms with E-state index in [0.29, 0.717) is 28.2 Å². The van der Waals surface area contributed by atoms with E-state index < -0.39 is 11.7 Å². The molecule has 8 heteroatoms. The summed E-state index contributed by atoms with van der Waals surface area (Å²) >= 11 is 0.453. The van der Waals surface area contributed by atoms with E-state index in [0.717, 1.165) is 0 Å². The van der Waals surface area contributed by atoms with E-state index in [-0.39, 0.29) is 11.7 Å². The number of rotatable bonds is 5. The average molecular weight is 312 g/mol. The maximum atomic E-state index is 12.2. The van der Waals surface area contributed by atoms with Gasteiger partial charge in [-0.15, -0.1) is 5.10 Å². The number of hydrogen-bond donors (Lipinski definition) is 2. The molecule has 0 aliphatic carbocycles. The van der Waals surface area contributed by atoms with Crippen LogP contribution in [0.3, 0.4) is 0 Å². The molecular formula is C13H14F2N4OS. The van der Waals surface area contributed by atoms with Crippen LogP contribution in [0.1, 0.15) is 36.2 Å². The fraction of sp³-hybridized carbons (Fsp3) is 0.308. The van der Waals surface area contributed by atoms with Crippen LogP contribution in [0.15, 0.2) is 29.2 Å². The lowest BCUT2D eigenvalue weighted by Crippen LogP contribution is -2.13. The van der Waals surface area contributed by atoms with E-state index in [1.165, 1.54) is 12.1 Å². The van der Waals surface area contributed by atoms with Gasteiger partial charge in [-0.05, 0) is 24.3 Å². The van der Waals surface area contributed by atoms with Crippen molar-refractivity contribution in [2.75, 3.05) is 5.32 Å². The summed E-state index contributed by atoms with van der Waals surface area (Å²) in [4.78, 5) is 16.4. The Labute approximate surface area is 124 Å². The van der Waals surface area contributed by atoms with Gasteiger partial charge in [-0.2, -0.15) is 8.78 Å². The summed E-state index contributed by atoms with van der Waals surface area (Å²) in [6.45, 7) is 3.86. The highest BCUT2D eigenvalue weighted by atomic mass is 32.2. The second kappa shape index (κ2) is 6.66. The quantitative estimate of drug-likeness (QED) is 0.829. The molecule has 0 aliphatic heterocycles. The second-order valence-electron chi connectivity index (χ2n) is 4.56. The third-order valence-electron chi connectivity index (χ3n) is 2.59. The number of thioether (sulfide) groups is 1. The molecule has 112 valence electrons. The summed E-state index contributed by atoms with van der Waals surface area (Å²) in [6.07, 6.45) is 0. The second-order valence-corrected chi connectivity index (χ2v) is 5.62. The highest BCUT2D eigenvalue weighted by molar-refractivity contribution is 7.99. The van der Waals surface area contributed by atoms with Crippen molar-refractivity contribution in [2.45, 2.75) is 30.4 Å². The third kappa shape index (κ3) is 4.25. The molecule has 2 N–H and O–H groups in total. The van der Waals surface area contributed by atoms with Gasteiger partial charge in [-0.25, -0.2) is 4.98 Å². The zero-order valence-electron chi connectivity index (χ0n) is 11.4. The molecule has 0 saturated heterocycles. The molecule has 1 aromatic carbocycles. The third-order valence-corrected chi connectivity index (χ3v) is 3.31. The number of carbonyl (C=O) groups is 1. The van der Waals surface area contributed by atoms with Crippen molar-refractivity contribution < 1.29 is 13.6 Å². The summed E-state index contributed by atoms with van der Waals surface area (Å²) in [7, 11) is 0. The van der Waals surface area contributed by atoms with Crippen molar-refractivity contribution in [2.24, 2.45) is 0 Å². The minimum atomic E-state index is -2.46. The van der Waals surface area contributed by atoms with Gasteiger partial charge >= 0.3 is 0 Å². The molecule has 0 fully saturated rings. The number of aromatic nitrogens is 3. The first-order valence-corrected chi connectivity index (χ1v) is 7.12. The molecule has 0 atom stereocenters. The van der Waals surface area contributed by atoms with Crippen LogP contribution in [0.5, 0.6) is 0 Å². The first-order chi connectivity index (χ1) is 9.95. The normalized spacial score (nSPS) is 11.1. The van der Waals surface area contributed by atoms with Crippen LogP contribution in [0.25, 0.3) is 0 Å². The van der Waals surface area contributed by atoms with E-state index >= 15 is 0 Å². The van der Waals surface area contributed by atoms with Gasteiger partial charge in [0.05, 0.1) is 0 Å². The minimum Gasteiger partial charge on any atom is -0.319 e. The summed E-state index contributed by atoms with van der Waals surface area (Å²) < 4.78 is 24.4. The van der Waals surface area contributed by atoms with Crippen molar-refractivity contribution in [1.29, 1.82) is 0 Å². The number of halogens is 2. The Morgan fingerprint density at radius 2 is 1.95 bits per heavy atom. The smallest absolute Gasteiger partial charge is 0.295 e. The average Bonchev–Trinajstić information content (AvgIpc) is 2.90. The van der Waals surface area contributed by atoms with Crippen LogP contribution < -0.4 is 5.32 Å². The molecule has 0 unspecified atom stereocenters. The van der Waals surface area contributed by atoms with Gasteiger partial charge in [0.25, 0.3) is 11.7 Å². The topological polar surface area (TPSA) is 70.7 Å². The maximum absolute atomic E-state index is 12.2. The van der Waals surface area contributed by atoms with Crippen LogP contribution in [0.4, 0.5) is 14.5 Å². The summed E-state index contributed by atoms with van der Waals surface area (Å²) in [6, 6.07) is 6.14. The number of alkyl halides is 2. The minimum absolute atomic E-state index is 0.0460. The van der Waals surface area contributed by atoms with E-state index in [4.69, 9.17) is 0 Å². The molecule has 0 bridgehead atoms. The van der Waals surface area contributed by atoms with Gasteiger partial charge in [0.2, 0.25) is 5.82 Å². The fourth-order valence-corrected chi connectivity index (χ4v) is 2.04. The van der Waals surface area contributed by atoms with Crippen molar-refractivity contribution in [3.63, 3.8) is 0 Å². The van der Waals surface area contributed by atoms with Gasteiger partial charge in [0, 0.05) is 16.5 Å². The lowest BCUT2D eigenvalue weighted by atomic mass is 10.2. The Morgan fingerprint density at radius 3 is 2.48 bits per heavy atom. The predicted octanol–water partition coefficient (Wildman–Crippen LogP) is 3.50. The number of amides is 1. The zero-order valence-corrected chi connectivity index (χ0v) is 12.2. The van der Waals surface area contributed by atoms with Gasteiger partial charge in [0.15, 0.2) is 0 Å². The number of nitrogens with zero attached hydrogens (tertiary/aromatic N) is 2. The lowest BCUT2D eigenvalue weighted by molar-refractivity contribution is 0.101. The Morgan fingerprint density at radius 1 is 1.29 bits per heavy atom. The standard InChI is InChI=1S/C13H14F2N4OS/c1-7(2)10-17-11(19-18-10)12(20)16-8-3-5-9(6-4-8)21-13(14)15/h3-7,13H,1-2H3,(H,16,20)(H,17,18,19). The van der Waals surface area contributed by atoms with Gasteiger partial charge in [0.1, 0.15) is 5.82 Å². The van der Waals surface area contributed by atoms with Gasteiger partial charge in [-0.3, -0.25) is 9.89 Å². The molecule has 0 aliphatic rings. The summed E-state index contributed by atoms with van der Waals surface area (Å²) in [5, 5.41) is 9.14. The Hall–Kier alpha value is -1.96. The van der Waals surface area contributed by atoms with E-state index in [1.807, 2.05) is 13.8 Å². The molecule has 2 aromatic rings. The molecule has 1 heterocycles. The predicted molar refractivity (Wildman–Crippen MR) is 76.7 cm³/mol. The highest BCUT2D eigenvalue weighted by Gasteiger charge is 2.14. The number of hydrogen-bond acceptors (Lipinski definition) is 4. The van der Waals surface area contributed by atoms with Crippen LogP contribution in [0, 0.1) is 0 Å². The number of anilines is 1. The van der Waals surface area contributed by atoms with E-state index in [2.05, 4.69) is 20.5 Å². The molecule has 1 aromatic heterocycles. The Bertz CT molecular complexity index is 613. The number of benzene rings is 1. The van der Waals surface area contributed by atoms with E-state index in [9.17, 15) is 13.6 Å². The molecule has 5 nitrogen and oxygen atoms in total. The molecule has 0 spiro atoms. The van der Waals surface area contributed by atoms with Gasteiger partial charge in [-0.1, -0.05) is 25.6 Å². The molecule has 0 radical (unpaired) electrons. The number of H-pyrrole nitrogens is 1. The van der Waals surface area contributed by atoms with Crippen LogP contribution in [-0.2, 0) is 0 Å². The summed E-state index contributed by atoms with van der Waals surface area (Å²) in [5.41, 5.74) is 0.495. The monoisotopic (exact) mass is 312 g/mol. The lowest BCUT2D eigenvalue weighted by Gasteiger charge is -2.04. The molecular weight excluding hydrogens is 298 g/mol. The number of aromatic amines is 1. The van der Waals surface area contributed by atoms with E-state index in [1.54, 1.807) is 12.1 Å². The Balaban J connectivity index is 2.01. The first kappa shape index (κ1) is 15.4. The van der Waals surface area contributed by atoms with Gasteiger partial charge < -0.3 is 5.32 Å². The molecule has 1 amide bonds. The molecule has 2 rings (SSSR count). The Kier molecular flexibility index (Phi) is 4.89. The summed E-state index contributed by atoms with van der Waals surface area (Å²) in [5.74, 6) is -2.10. The molecule has 21 heavy (non-hydrogen) atoms. The highest BCUT2D eigenvalue weighted by Crippen LogP contribution is 2.26. The SMILES string of the molecule is CC(C)c1nc(C(=O)Nc2ccc(SC(F)F)cc2)n[nH]1. The largest absolute Gasteiger partial charge is 0.319 e. The number of carbonyl (C=O) groups excluding carboxylic acids is 1. The van der Waals surface area contributed by atoms with Crippen molar-refractivity contribution in [3.05, 3.63) is 35.9 Å². The molecule has 0 saturated carbocycles. The zero-order chi connectivity index (χ0) is 15.4. The van der Waals surface area contributed by atoms with Crippen LogP contribution in [0.2, 0.25) is 0 Å². The maximum Gasteiger partial charge on any atom is 0.295 e. The fourth-order valence-electron chi connectivity index (χ4n) is 1.54. The van der Waals surface area contributed by atoms with Crippen molar-refractivity contribution in [1.82, 2.24) is 15.2 Å². The van der Waals surface area contributed by atoms with Crippen molar-refractivity contribution in [3.8, 4) is 0 Å².